The summed E-state index contributed by atoms with van der Waals surface area (Å²) in [5, 5.41) is 15.6. The number of imidazole rings is 1. The molecule has 1 aliphatic heterocycles. The van der Waals surface area contributed by atoms with Gasteiger partial charge in [0.15, 0.2) is 5.82 Å². The van der Waals surface area contributed by atoms with Gasteiger partial charge in [0.2, 0.25) is 0 Å². The van der Waals surface area contributed by atoms with Crippen molar-refractivity contribution in [3.05, 3.63) is 72.6 Å². The van der Waals surface area contributed by atoms with Crippen molar-refractivity contribution >= 4 is 11.5 Å². The van der Waals surface area contributed by atoms with Crippen molar-refractivity contribution in [3.8, 4) is 16.9 Å². The first-order valence-corrected chi connectivity index (χ1v) is 9.93. The van der Waals surface area contributed by atoms with E-state index < -0.39 is 11.6 Å². The van der Waals surface area contributed by atoms with Gasteiger partial charge in [-0.3, -0.25) is 14.6 Å². The number of pyridine rings is 1. The highest BCUT2D eigenvalue weighted by molar-refractivity contribution is 5.77. The van der Waals surface area contributed by atoms with Gasteiger partial charge in [-0.15, -0.1) is 0 Å². The zero-order valence-electron chi connectivity index (χ0n) is 17.5. The molecule has 3 aromatic heterocycles. The Morgan fingerprint density at radius 2 is 1.93 bits per heavy atom. The number of benzene rings is 1. The zero-order chi connectivity index (χ0) is 21.0. The Morgan fingerprint density at radius 3 is 2.67 bits per heavy atom. The molecule has 30 heavy (non-hydrogen) atoms. The predicted octanol–water partition coefficient (Wildman–Crippen LogP) is 3.72. The highest BCUT2D eigenvalue weighted by Gasteiger charge is 2.45. The Labute approximate surface area is 175 Å². The van der Waals surface area contributed by atoms with Crippen LogP contribution in [0, 0.1) is 6.92 Å². The summed E-state index contributed by atoms with van der Waals surface area (Å²) in [5.41, 5.74) is 5.63. The van der Waals surface area contributed by atoms with E-state index in [1.54, 1.807) is 10.9 Å². The fourth-order valence-electron chi connectivity index (χ4n) is 4.17. The number of aliphatic hydroxyl groups is 1. The smallest absolute Gasteiger partial charge is 0.157 e. The minimum absolute atomic E-state index is 0.418. The number of aryl methyl sites for hydroxylation is 2. The van der Waals surface area contributed by atoms with Crippen LogP contribution >= 0.6 is 0 Å². The maximum atomic E-state index is 11.1. The summed E-state index contributed by atoms with van der Waals surface area (Å²) in [4.78, 5) is 10.7. The van der Waals surface area contributed by atoms with Gasteiger partial charge in [-0.1, -0.05) is 26.0 Å². The summed E-state index contributed by atoms with van der Waals surface area (Å²) >= 11 is 0. The standard InChI is InChI=1S/C23H24N6O/c1-15-12-24-9-7-19(15)28-13-18(25-14-28)16-5-6-17-20(11-16)29(22(30)23(17,2)3)21-8-10-27(4)26-21/h5-14,22,30H,1-4H3. The van der Waals surface area contributed by atoms with Crippen LogP contribution in [0.2, 0.25) is 0 Å². The van der Waals surface area contributed by atoms with E-state index in [0.29, 0.717) is 0 Å². The number of aliphatic hydroxyl groups excluding tert-OH is 1. The van der Waals surface area contributed by atoms with Gasteiger partial charge in [-0.2, -0.15) is 5.10 Å². The van der Waals surface area contributed by atoms with Gasteiger partial charge in [-0.05, 0) is 30.2 Å². The number of hydrogen-bond acceptors (Lipinski definition) is 5. The van der Waals surface area contributed by atoms with Gasteiger partial charge < -0.3 is 9.67 Å². The monoisotopic (exact) mass is 400 g/mol. The molecule has 5 rings (SSSR count). The lowest BCUT2D eigenvalue weighted by Gasteiger charge is -2.28. The third-order valence-electron chi connectivity index (χ3n) is 5.94. The Hall–Kier alpha value is -3.45. The van der Waals surface area contributed by atoms with Gasteiger partial charge in [0, 0.05) is 54.6 Å². The number of anilines is 2. The fourth-order valence-corrected chi connectivity index (χ4v) is 4.17. The number of aromatic nitrogens is 5. The molecule has 0 radical (unpaired) electrons. The zero-order valence-corrected chi connectivity index (χ0v) is 17.5. The van der Waals surface area contributed by atoms with Crippen molar-refractivity contribution in [1.29, 1.82) is 0 Å². The van der Waals surface area contributed by atoms with Gasteiger partial charge in [0.1, 0.15) is 6.23 Å². The summed E-state index contributed by atoms with van der Waals surface area (Å²) in [6.45, 7) is 6.14. The maximum Gasteiger partial charge on any atom is 0.157 e. The summed E-state index contributed by atoms with van der Waals surface area (Å²) in [7, 11) is 1.88. The molecule has 7 nitrogen and oxygen atoms in total. The van der Waals surface area contributed by atoms with Gasteiger partial charge >= 0.3 is 0 Å². The Morgan fingerprint density at radius 1 is 1.10 bits per heavy atom. The van der Waals surface area contributed by atoms with Crippen LogP contribution in [0.25, 0.3) is 16.9 Å². The third kappa shape index (κ3) is 2.74. The molecule has 0 amide bonds. The molecule has 1 atom stereocenters. The van der Waals surface area contributed by atoms with Crippen LogP contribution in [-0.2, 0) is 12.5 Å². The van der Waals surface area contributed by atoms with Crippen molar-refractivity contribution in [2.24, 2.45) is 7.05 Å². The summed E-state index contributed by atoms with van der Waals surface area (Å²) in [5.74, 6) is 0.729. The lowest BCUT2D eigenvalue weighted by atomic mass is 9.85. The molecule has 0 saturated carbocycles. The molecular formula is C23H24N6O. The van der Waals surface area contributed by atoms with E-state index in [9.17, 15) is 5.11 Å². The number of fused-ring (bicyclic) bond motifs is 1. The lowest BCUT2D eigenvalue weighted by Crippen LogP contribution is -2.38. The Bertz CT molecular complexity index is 1240. The Balaban J connectivity index is 1.59. The van der Waals surface area contributed by atoms with E-state index in [4.69, 9.17) is 0 Å². The molecule has 0 bridgehead atoms. The van der Waals surface area contributed by atoms with Crippen molar-refractivity contribution in [3.63, 3.8) is 0 Å². The van der Waals surface area contributed by atoms with E-state index >= 15 is 0 Å². The predicted molar refractivity (Wildman–Crippen MR) is 116 cm³/mol. The molecule has 4 aromatic rings. The molecule has 7 heteroatoms. The van der Waals surface area contributed by atoms with E-state index in [-0.39, 0.29) is 0 Å². The first-order chi connectivity index (χ1) is 14.4. The number of nitrogens with zero attached hydrogens (tertiary/aromatic N) is 6. The Kier molecular flexibility index (Phi) is 4.04. The molecule has 1 unspecified atom stereocenters. The van der Waals surface area contributed by atoms with E-state index in [2.05, 4.69) is 47.1 Å². The number of hydrogen-bond donors (Lipinski definition) is 1. The van der Waals surface area contributed by atoms with Crippen LogP contribution in [0.5, 0.6) is 0 Å². The van der Waals surface area contributed by atoms with Crippen molar-refractivity contribution in [1.82, 2.24) is 24.3 Å². The normalized spacial score (nSPS) is 17.4. The van der Waals surface area contributed by atoms with Crippen LogP contribution in [-0.4, -0.2) is 35.6 Å². The van der Waals surface area contributed by atoms with E-state index in [0.717, 1.165) is 39.6 Å². The largest absolute Gasteiger partial charge is 0.372 e. The van der Waals surface area contributed by atoms with E-state index in [1.807, 2.05) is 60.5 Å². The highest BCUT2D eigenvalue weighted by atomic mass is 16.3. The second-order valence-electron chi connectivity index (χ2n) is 8.37. The van der Waals surface area contributed by atoms with Crippen molar-refractivity contribution in [2.75, 3.05) is 4.90 Å². The summed E-state index contributed by atoms with van der Waals surface area (Å²) < 4.78 is 3.75. The van der Waals surface area contributed by atoms with Crippen molar-refractivity contribution < 1.29 is 5.11 Å². The molecular weight excluding hydrogens is 376 g/mol. The molecule has 1 aliphatic rings. The highest BCUT2D eigenvalue weighted by Crippen LogP contribution is 2.48. The van der Waals surface area contributed by atoms with Gasteiger partial charge in [0.25, 0.3) is 0 Å². The van der Waals surface area contributed by atoms with Gasteiger partial charge in [0.05, 0.1) is 17.7 Å². The lowest BCUT2D eigenvalue weighted by molar-refractivity contribution is 0.118. The minimum atomic E-state index is -0.699. The molecule has 1 aromatic carbocycles. The minimum Gasteiger partial charge on any atom is -0.372 e. The second-order valence-corrected chi connectivity index (χ2v) is 8.37. The summed E-state index contributed by atoms with van der Waals surface area (Å²) in [6.07, 6.45) is 8.65. The van der Waals surface area contributed by atoms with Crippen LogP contribution in [0.15, 0.2) is 61.4 Å². The first kappa shape index (κ1) is 18.6. The van der Waals surface area contributed by atoms with Crippen molar-refractivity contribution in [2.45, 2.75) is 32.4 Å². The average molecular weight is 400 g/mol. The average Bonchev–Trinajstić information content (AvgIpc) is 3.41. The van der Waals surface area contributed by atoms with Crippen LogP contribution < -0.4 is 4.90 Å². The third-order valence-corrected chi connectivity index (χ3v) is 5.94. The molecule has 1 N–H and O–H groups in total. The molecule has 0 aliphatic carbocycles. The molecule has 4 heterocycles. The second kappa shape index (κ2) is 6.53. The molecule has 0 spiro atoms. The van der Waals surface area contributed by atoms with Crippen LogP contribution in [0.3, 0.4) is 0 Å². The van der Waals surface area contributed by atoms with Crippen LogP contribution in [0.4, 0.5) is 11.5 Å². The topological polar surface area (TPSA) is 72.0 Å². The maximum absolute atomic E-state index is 11.1. The summed E-state index contributed by atoms with van der Waals surface area (Å²) in [6, 6.07) is 10.1. The fraction of sp³-hybridized carbons (Fsp3) is 0.261. The van der Waals surface area contributed by atoms with E-state index in [1.165, 1.54) is 0 Å². The van der Waals surface area contributed by atoms with Gasteiger partial charge in [-0.25, -0.2) is 4.98 Å². The number of rotatable bonds is 3. The quantitative estimate of drug-likeness (QED) is 0.567. The molecule has 152 valence electrons. The molecule has 0 saturated heterocycles. The molecule has 0 fully saturated rings. The first-order valence-electron chi connectivity index (χ1n) is 9.93. The SMILES string of the molecule is Cc1cnccc1-n1cnc(-c2ccc3c(c2)N(c2ccn(C)n2)C(O)C3(C)C)c1. The van der Waals surface area contributed by atoms with Crippen LogP contribution in [0.1, 0.15) is 25.0 Å².